The first-order chi connectivity index (χ1) is 10.3. The summed E-state index contributed by atoms with van der Waals surface area (Å²) in [7, 11) is -3.73. The van der Waals surface area contributed by atoms with E-state index >= 15 is 0 Å². The molecule has 1 aromatic rings. The van der Waals surface area contributed by atoms with Gasteiger partial charge in [-0.15, -0.1) is 0 Å². The van der Waals surface area contributed by atoms with E-state index in [-0.39, 0.29) is 21.1 Å². The first kappa shape index (κ1) is 15.7. The summed E-state index contributed by atoms with van der Waals surface area (Å²) in [6.07, 6.45) is 2.80. The summed E-state index contributed by atoms with van der Waals surface area (Å²) in [5, 5.41) is 0.168. The summed E-state index contributed by atoms with van der Waals surface area (Å²) in [4.78, 5) is 11.3. The van der Waals surface area contributed by atoms with Crippen LogP contribution in [0, 0.1) is 0 Å². The Hall–Kier alpha value is -1.15. The number of hydrogen-bond donors (Lipinski definition) is 1. The standard InChI is InChI=1S/C14H17ClN2O4S/c15-11-6-10(13(16)18)7-12(8-11)22(19,20)17-4-5-21-14(9-17)2-1-3-14/h6-8H,1-5,9H2,(H2,16,18). The van der Waals surface area contributed by atoms with Crippen molar-refractivity contribution in [2.75, 3.05) is 19.7 Å². The highest BCUT2D eigenvalue weighted by Gasteiger charge is 2.45. The van der Waals surface area contributed by atoms with Crippen LogP contribution < -0.4 is 5.73 Å². The number of carbonyl (C=O) groups excluding carboxylic acids is 1. The monoisotopic (exact) mass is 344 g/mol. The van der Waals surface area contributed by atoms with Crippen LogP contribution in [0.3, 0.4) is 0 Å². The number of nitrogens with two attached hydrogens (primary N) is 1. The zero-order valence-corrected chi connectivity index (χ0v) is 13.5. The van der Waals surface area contributed by atoms with Crippen LogP contribution in [-0.2, 0) is 14.8 Å². The van der Waals surface area contributed by atoms with Crippen molar-refractivity contribution in [1.82, 2.24) is 4.31 Å². The first-order valence-corrected chi connectivity index (χ1v) is 8.89. The molecule has 1 saturated carbocycles. The van der Waals surface area contributed by atoms with Gasteiger partial charge in [-0.05, 0) is 37.5 Å². The minimum atomic E-state index is -3.73. The van der Waals surface area contributed by atoms with Crippen LogP contribution in [-0.4, -0.2) is 43.9 Å². The Morgan fingerprint density at radius 1 is 1.32 bits per heavy atom. The predicted molar refractivity (Wildman–Crippen MR) is 81.3 cm³/mol. The molecule has 1 spiro atoms. The molecule has 0 aromatic heterocycles. The maximum Gasteiger partial charge on any atom is 0.248 e. The van der Waals surface area contributed by atoms with Gasteiger partial charge in [0, 0.05) is 23.7 Å². The third kappa shape index (κ3) is 2.74. The van der Waals surface area contributed by atoms with Crippen molar-refractivity contribution in [3.05, 3.63) is 28.8 Å². The SMILES string of the molecule is NC(=O)c1cc(Cl)cc(S(=O)(=O)N2CCOC3(CCC3)C2)c1. The van der Waals surface area contributed by atoms with Crippen LogP contribution in [0.2, 0.25) is 5.02 Å². The molecule has 1 amide bonds. The van der Waals surface area contributed by atoms with Gasteiger partial charge < -0.3 is 10.5 Å². The Morgan fingerprint density at radius 2 is 2.05 bits per heavy atom. The second-order valence-electron chi connectivity index (χ2n) is 5.76. The lowest BCUT2D eigenvalue weighted by Crippen LogP contribution is -2.56. The molecule has 0 bridgehead atoms. The lowest BCUT2D eigenvalue weighted by Gasteiger charge is -2.47. The molecule has 2 N–H and O–H groups in total. The van der Waals surface area contributed by atoms with Gasteiger partial charge in [0.2, 0.25) is 15.9 Å². The largest absolute Gasteiger partial charge is 0.372 e. The fourth-order valence-electron chi connectivity index (χ4n) is 2.89. The molecule has 0 unspecified atom stereocenters. The molecule has 3 rings (SSSR count). The van der Waals surface area contributed by atoms with E-state index in [1.807, 2.05) is 0 Å². The van der Waals surface area contributed by atoms with Crippen molar-refractivity contribution in [1.29, 1.82) is 0 Å². The quantitative estimate of drug-likeness (QED) is 0.897. The number of amides is 1. The molecule has 120 valence electrons. The van der Waals surface area contributed by atoms with Crippen LogP contribution in [0.5, 0.6) is 0 Å². The van der Waals surface area contributed by atoms with E-state index in [1.165, 1.54) is 22.5 Å². The summed E-state index contributed by atoms with van der Waals surface area (Å²) in [6.45, 7) is 1.01. The second kappa shape index (κ2) is 5.49. The van der Waals surface area contributed by atoms with Gasteiger partial charge in [0.15, 0.2) is 0 Å². The maximum atomic E-state index is 12.8. The molecule has 6 nitrogen and oxygen atoms in total. The van der Waals surface area contributed by atoms with Crippen molar-refractivity contribution in [2.24, 2.45) is 5.73 Å². The third-order valence-electron chi connectivity index (χ3n) is 4.27. The molecule has 8 heteroatoms. The predicted octanol–water partition coefficient (Wildman–Crippen LogP) is 1.38. The fourth-order valence-corrected chi connectivity index (χ4v) is 4.76. The van der Waals surface area contributed by atoms with Crippen LogP contribution in [0.25, 0.3) is 0 Å². The number of sulfonamides is 1. The van der Waals surface area contributed by atoms with Crippen LogP contribution in [0.15, 0.2) is 23.1 Å². The molecule has 1 aliphatic heterocycles. The highest BCUT2D eigenvalue weighted by atomic mass is 35.5. The van der Waals surface area contributed by atoms with Crippen LogP contribution in [0.1, 0.15) is 29.6 Å². The smallest absolute Gasteiger partial charge is 0.248 e. The summed E-state index contributed by atoms with van der Waals surface area (Å²) in [6, 6.07) is 3.97. The minimum Gasteiger partial charge on any atom is -0.372 e. The fraction of sp³-hybridized carbons (Fsp3) is 0.500. The third-order valence-corrected chi connectivity index (χ3v) is 6.31. The average Bonchev–Trinajstić information content (AvgIpc) is 2.45. The number of halogens is 1. The molecular weight excluding hydrogens is 328 g/mol. The van der Waals surface area contributed by atoms with E-state index in [0.29, 0.717) is 19.7 Å². The number of benzene rings is 1. The summed E-state index contributed by atoms with van der Waals surface area (Å²) >= 11 is 5.92. The van der Waals surface area contributed by atoms with Crippen LogP contribution in [0.4, 0.5) is 0 Å². The molecule has 2 fully saturated rings. The van der Waals surface area contributed by atoms with E-state index in [4.69, 9.17) is 22.1 Å². The Morgan fingerprint density at radius 3 is 2.64 bits per heavy atom. The molecule has 2 aliphatic rings. The van der Waals surface area contributed by atoms with Gasteiger partial charge in [0.25, 0.3) is 0 Å². The summed E-state index contributed by atoms with van der Waals surface area (Å²) in [5.41, 5.74) is 4.97. The number of hydrogen-bond acceptors (Lipinski definition) is 4. The van der Waals surface area contributed by atoms with E-state index in [2.05, 4.69) is 0 Å². The van der Waals surface area contributed by atoms with Gasteiger partial charge in [-0.25, -0.2) is 8.42 Å². The number of morpholine rings is 1. The van der Waals surface area contributed by atoms with Gasteiger partial charge in [0.1, 0.15) is 0 Å². The van der Waals surface area contributed by atoms with Crippen molar-refractivity contribution in [3.8, 4) is 0 Å². The number of rotatable bonds is 3. The maximum absolute atomic E-state index is 12.8. The Kier molecular flexibility index (Phi) is 3.92. The lowest BCUT2D eigenvalue weighted by molar-refractivity contribution is -0.135. The molecule has 1 heterocycles. The Balaban J connectivity index is 1.94. The summed E-state index contributed by atoms with van der Waals surface area (Å²) < 4.78 is 32.8. The van der Waals surface area contributed by atoms with Crippen molar-refractivity contribution in [3.63, 3.8) is 0 Å². The molecule has 1 aromatic carbocycles. The van der Waals surface area contributed by atoms with E-state index in [0.717, 1.165) is 19.3 Å². The number of carbonyl (C=O) groups is 1. The van der Waals surface area contributed by atoms with Gasteiger partial charge in [-0.3, -0.25) is 4.79 Å². The number of nitrogens with zero attached hydrogens (tertiary/aromatic N) is 1. The van der Waals surface area contributed by atoms with Crippen molar-refractivity contribution >= 4 is 27.5 Å². The summed E-state index contributed by atoms with van der Waals surface area (Å²) in [5.74, 6) is -0.712. The normalized spacial score (nSPS) is 21.5. The first-order valence-electron chi connectivity index (χ1n) is 7.07. The van der Waals surface area contributed by atoms with Gasteiger partial charge in [-0.1, -0.05) is 11.6 Å². The Labute approximate surface area is 134 Å². The molecule has 1 saturated heterocycles. The number of primary amides is 1. The van der Waals surface area contributed by atoms with Gasteiger partial charge >= 0.3 is 0 Å². The van der Waals surface area contributed by atoms with E-state index in [9.17, 15) is 13.2 Å². The lowest BCUT2D eigenvalue weighted by atomic mass is 9.79. The second-order valence-corrected chi connectivity index (χ2v) is 8.14. The zero-order chi connectivity index (χ0) is 16.0. The van der Waals surface area contributed by atoms with E-state index in [1.54, 1.807) is 0 Å². The van der Waals surface area contributed by atoms with Crippen molar-refractivity contribution in [2.45, 2.75) is 29.8 Å². The number of ether oxygens (including phenoxy) is 1. The van der Waals surface area contributed by atoms with Gasteiger partial charge in [0.05, 0.1) is 17.1 Å². The molecule has 0 radical (unpaired) electrons. The molecule has 0 atom stereocenters. The van der Waals surface area contributed by atoms with Crippen LogP contribution >= 0.6 is 11.6 Å². The molecule has 22 heavy (non-hydrogen) atoms. The average molecular weight is 345 g/mol. The molecule has 1 aliphatic carbocycles. The topological polar surface area (TPSA) is 89.7 Å². The zero-order valence-electron chi connectivity index (χ0n) is 11.9. The minimum absolute atomic E-state index is 0.00910. The Bertz CT molecular complexity index is 716. The highest BCUT2D eigenvalue weighted by molar-refractivity contribution is 7.89. The molecular formula is C14H17ClN2O4S. The van der Waals surface area contributed by atoms with Crippen molar-refractivity contribution < 1.29 is 17.9 Å². The van der Waals surface area contributed by atoms with Gasteiger partial charge in [-0.2, -0.15) is 4.31 Å². The highest BCUT2D eigenvalue weighted by Crippen LogP contribution is 2.39. The van der Waals surface area contributed by atoms with E-state index < -0.39 is 15.9 Å².